The van der Waals surface area contributed by atoms with E-state index < -0.39 is 0 Å². The molecule has 0 aliphatic heterocycles. The van der Waals surface area contributed by atoms with Crippen molar-refractivity contribution in [1.82, 2.24) is 4.98 Å². The number of ether oxygens (including phenoxy) is 3. The SMILES string of the molecule is COCCOc1ncccc1NC(=O)COc1cc(C(C)C)ccc1C. The van der Waals surface area contributed by atoms with Crippen LogP contribution in [0.1, 0.15) is 30.9 Å². The van der Waals surface area contributed by atoms with Gasteiger partial charge in [-0.05, 0) is 42.2 Å². The van der Waals surface area contributed by atoms with E-state index in [1.807, 2.05) is 19.1 Å². The van der Waals surface area contributed by atoms with E-state index >= 15 is 0 Å². The number of aromatic nitrogens is 1. The van der Waals surface area contributed by atoms with E-state index in [4.69, 9.17) is 14.2 Å². The fourth-order valence-electron chi connectivity index (χ4n) is 2.28. The van der Waals surface area contributed by atoms with Gasteiger partial charge in [-0.3, -0.25) is 4.79 Å². The molecule has 0 aliphatic carbocycles. The molecule has 1 amide bonds. The van der Waals surface area contributed by atoms with Gasteiger partial charge in [0.15, 0.2) is 6.61 Å². The third-order valence-electron chi connectivity index (χ3n) is 3.81. The number of pyridine rings is 1. The van der Waals surface area contributed by atoms with E-state index in [0.717, 1.165) is 5.56 Å². The second-order valence-corrected chi connectivity index (χ2v) is 6.21. The number of amides is 1. The minimum Gasteiger partial charge on any atom is -0.483 e. The van der Waals surface area contributed by atoms with Gasteiger partial charge in [-0.15, -0.1) is 0 Å². The molecule has 0 unspecified atom stereocenters. The van der Waals surface area contributed by atoms with E-state index in [2.05, 4.69) is 30.2 Å². The Morgan fingerprint density at radius 1 is 1.19 bits per heavy atom. The Balaban J connectivity index is 1.96. The first-order valence-corrected chi connectivity index (χ1v) is 8.61. The van der Waals surface area contributed by atoms with E-state index in [1.165, 1.54) is 5.56 Å². The van der Waals surface area contributed by atoms with Crippen LogP contribution < -0.4 is 14.8 Å². The molecule has 0 spiro atoms. The van der Waals surface area contributed by atoms with Gasteiger partial charge in [-0.2, -0.15) is 0 Å². The molecular weight excluding hydrogens is 332 g/mol. The molecule has 2 aromatic rings. The lowest BCUT2D eigenvalue weighted by Gasteiger charge is -2.14. The standard InChI is InChI=1S/C20H26N2O4/c1-14(2)16-8-7-15(3)18(12-16)26-13-19(23)22-17-6-5-9-21-20(17)25-11-10-24-4/h5-9,12,14H,10-11,13H2,1-4H3,(H,22,23). The number of hydrogen-bond acceptors (Lipinski definition) is 5. The van der Waals surface area contributed by atoms with E-state index in [1.54, 1.807) is 25.4 Å². The van der Waals surface area contributed by atoms with Gasteiger partial charge < -0.3 is 19.5 Å². The summed E-state index contributed by atoms with van der Waals surface area (Å²) in [5.74, 6) is 1.20. The Bertz CT molecular complexity index is 732. The van der Waals surface area contributed by atoms with Gasteiger partial charge in [0.05, 0.1) is 6.61 Å². The van der Waals surface area contributed by atoms with Gasteiger partial charge in [0, 0.05) is 13.3 Å². The Hall–Kier alpha value is -2.60. The van der Waals surface area contributed by atoms with E-state index in [0.29, 0.717) is 36.4 Å². The summed E-state index contributed by atoms with van der Waals surface area (Å²) in [6.07, 6.45) is 1.61. The number of methoxy groups -OCH3 is 1. The lowest BCUT2D eigenvalue weighted by Crippen LogP contribution is -2.21. The lowest BCUT2D eigenvalue weighted by molar-refractivity contribution is -0.118. The number of hydrogen-bond donors (Lipinski definition) is 1. The molecule has 26 heavy (non-hydrogen) atoms. The predicted octanol–water partition coefficient (Wildman–Crippen LogP) is 3.56. The number of nitrogens with zero attached hydrogens (tertiary/aromatic N) is 1. The van der Waals surface area contributed by atoms with Gasteiger partial charge in [0.25, 0.3) is 5.91 Å². The van der Waals surface area contributed by atoms with Gasteiger partial charge in [0.2, 0.25) is 5.88 Å². The van der Waals surface area contributed by atoms with Crippen LogP contribution in [-0.4, -0.2) is 37.8 Å². The molecule has 0 atom stereocenters. The van der Waals surface area contributed by atoms with Crippen LogP contribution in [0.25, 0.3) is 0 Å². The zero-order chi connectivity index (χ0) is 18.9. The van der Waals surface area contributed by atoms with Crippen LogP contribution in [0.4, 0.5) is 5.69 Å². The first-order chi connectivity index (χ1) is 12.5. The highest BCUT2D eigenvalue weighted by atomic mass is 16.5. The van der Waals surface area contributed by atoms with Crippen molar-refractivity contribution in [3.8, 4) is 11.6 Å². The Labute approximate surface area is 154 Å². The fraction of sp³-hybridized carbons (Fsp3) is 0.400. The molecule has 1 aromatic heterocycles. The summed E-state index contributed by atoms with van der Waals surface area (Å²) >= 11 is 0. The number of benzene rings is 1. The summed E-state index contributed by atoms with van der Waals surface area (Å²) in [5, 5.41) is 2.77. The normalized spacial score (nSPS) is 10.7. The molecular formula is C20H26N2O4. The fourth-order valence-corrected chi connectivity index (χ4v) is 2.28. The summed E-state index contributed by atoms with van der Waals surface area (Å²) in [6, 6.07) is 9.53. The molecule has 0 bridgehead atoms. The average molecular weight is 358 g/mol. The molecule has 140 valence electrons. The summed E-state index contributed by atoms with van der Waals surface area (Å²) < 4.78 is 16.2. The molecule has 0 fully saturated rings. The zero-order valence-electron chi connectivity index (χ0n) is 15.7. The molecule has 1 aromatic carbocycles. The highest BCUT2D eigenvalue weighted by molar-refractivity contribution is 5.93. The maximum absolute atomic E-state index is 12.3. The summed E-state index contributed by atoms with van der Waals surface area (Å²) in [7, 11) is 1.60. The highest BCUT2D eigenvalue weighted by Crippen LogP contribution is 2.24. The van der Waals surface area contributed by atoms with Crippen LogP contribution in [0.5, 0.6) is 11.6 Å². The maximum atomic E-state index is 12.3. The predicted molar refractivity (Wildman–Crippen MR) is 101 cm³/mol. The van der Waals surface area contributed by atoms with E-state index in [-0.39, 0.29) is 12.5 Å². The van der Waals surface area contributed by atoms with Gasteiger partial charge in [-0.25, -0.2) is 4.98 Å². The molecule has 1 heterocycles. The van der Waals surface area contributed by atoms with Crippen molar-refractivity contribution in [2.24, 2.45) is 0 Å². The minimum absolute atomic E-state index is 0.0885. The highest BCUT2D eigenvalue weighted by Gasteiger charge is 2.11. The third-order valence-corrected chi connectivity index (χ3v) is 3.81. The molecule has 0 radical (unpaired) electrons. The summed E-state index contributed by atoms with van der Waals surface area (Å²) in [6.45, 7) is 6.91. The number of carbonyl (C=O) groups excluding carboxylic acids is 1. The van der Waals surface area contributed by atoms with Crippen LogP contribution in [0, 0.1) is 6.92 Å². The van der Waals surface area contributed by atoms with Crippen molar-refractivity contribution in [3.05, 3.63) is 47.7 Å². The second kappa shape index (κ2) is 9.77. The van der Waals surface area contributed by atoms with Crippen LogP contribution in [0.2, 0.25) is 0 Å². The van der Waals surface area contributed by atoms with Crippen LogP contribution >= 0.6 is 0 Å². The van der Waals surface area contributed by atoms with Crippen LogP contribution in [-0.2, 0) is 9.53 Å². The van der Waals surface area contributed by atoms with Gasteiger partial charge in [-0.1, -0.05) is 26.0 Å². The van der Waals surface area contributed by atoms with Crippen molar-refractivity contribution in [3.63, 3.8) is 0 Å². The smallest absolute Gasteiger partial charge is 0.262 e. The van der Waals surface area contributed by atoms with Crippen molar-refractivity contribution in [1.29, 1.82) is 0 Å². The quantitative estimate of drug-likeness (QED) is 0.694. The van der Waals surface area contributed by atoms with Crippen molar-refractivity contribution < 1.29 is 19.0 Å². The number of aryl methyl sites for hydroxylation is 1. The Morgan fingerprint density at radius 3 is 2.73 bits per heavy atom. The Kier molecular flexibility index (Phi) is 7.41. The molecule has 0 saturated carbocycles. The van der Waals surface area contributed by atoms with Crippen LogP contribution in [0.3, 0.4) is 0 Å². The van der Waals surface area contributed by atoms with Gasteiger partial charge in [0.1, 0.15) is 18.0 Å². The monoisotopic (exact) mass is 358 g/mol. The number of rotatable bonds is 9. The molecule has 0 aliphatic rings. The lowest BCUT2D eigenvalue weighted by atomic mass is 10.0. The number of carbonyl (C=O) groups is 1. The summed E-state index contributed by atoms with van der Waals surface area (Å²) in [4.78, 5) is 16.4. The van der Waals surface area contributed by atoms with Crippen LogP contribution in [0.15, 0.2) is 36.5 Å². The van der Waals surface area contributed by atoms with Crippen molar-refractivity contribution in [2.45, 2.75) is 26.7 Å². The van der Waals surface area contributed by atoms with Crippen molar-refractivity contribution in [2.75, 3.05) is 32.2 Å². The largest absolute Gasteiger partial charge is 0.483 e. The molecule has 6 heteroatoms. The average Bonchev–Trinajstić information content (AvgIpc) is 2.62. The number of nitrogens with one attached hydrogen (secondary N) is 1. The first-order valence-electron chi connectivity index (χ1n) is 8.61. The zero-order valence-corrected chi connectivity index (χ0v) is 15.7. The minimum atomic E-state index is -0.274. The van der Waals surface area contributed by atoms with Crippen molar-refractivity contribution >= 4 is 11.6 Å². The summed E-state index contributed by atoms with van der Waals surface area (Å²) in [5.41, 5.74) is 2.67. The third kappa shape index (κ3) is 5.74. The molecule has 6 nitrogen and oxygen atoms in total. The molecule has 1 N–H and O–H groups in total. The van der Waals surface area contributed by atoms with E-state index in [9.17, 15) is 4.79 Å². The topological polar surface area (TPSA) is 69.7 Å². The first kappa shape index (κ1) is 19.7. The molecule has 2 rings (SSSR count). The Morgan fingerprint density at radius 2 is 2.00 bits per heavy atom. The molecule has 0 saturated heterocycles. The second-order valence-electron chi connectivity index (χ2n) is 6.21. The van der Waals surface area contributed by atoms with Gasteiger partial charge >= 0.3 is 0 Å². The number of anilines is 1. The maximum Gasteiger partial charge on any atom is 0.262 e.